The highest BCUT2D eigenvalue weighted by atomic mass is 16.2. The maximum absolute atomic E-state index is 12.3. The quantitative estimate of drug-likeness (QED) is 0.670. The van der Waals surface area contributed by atoms with Gasteiger partial charge in [0.05, 0.1) is 6.54 Å². The topological polar surface area (TPSA) is 87.5 Å². The monoisotopic (exact) mass is 394 g/mol. The van der Waals surface area contributed by atoms with Gasteiger partial charge in [0.1, 0.15) is 0 Å². The molecule has 0 bridgehead atoms. The van der Waals surface area contributed by atoms with E-state index >= 15 is 0 Å². The van der Waals surface area contributed by atoms with Gasteiger partial charge in [0.2, 0.25) is 11.8 Å². The van der Waals surface area contributed by atoms with Crippen LogP contribution in [0.15, 0.2) is 54.6 Å². The summed E-state index contributed by atoms with van der Waals surface area (Å²) in [5.74, 6) is -0.142. The summed E-state index contributed by atoms with van der Waals surface area (Å²) in [6.07, 6.45) is 5.03. The van der Waals surface area contributed by atoms with Crippen LogP contribution in [0.1, 0.15) is 43.7 Å². The minimum absolute atomic E-state index is 0.00230. The lowest BCUT2D eigenvalue weighted by Crippen LogP contribution is -2.33. The van der Waals surface area contributed by atoms with Crippen LogP contribution < -0.4 is 16.4 Å². The van der Waals surface area contributed by atoms with Crippen LogP contribution in [0.25, 0.3) is 0 Å². The first-order chi connectivity index (χ1) is 14.1. The normalized spacial score (nSPS) is 15.9. The Hall–Kier alpha value is -2.70. The second-order valence-corrected chi connectivity index (χ2v) is 7.59. The summed E-state index contributed by atoms with van der Waals surface area (Å²) in [4.78, 5) is 26.7. The molecule has 1 heterocycles. The van der Waals surface area contributed by atoms with E-state index in [2.05, 4.69) is 15.5 Å². The van der Waals surface area contributed by atoms with Gasteiger partial charge in [-0.15, -0.1) is 0 Å². The minimum atomic E-state index is -0.339. The predicted octanol–water partition coefficient (Wildman–Crippen LogP) is 3.53. The van der Waals surface area contributed by atoms with Crippen LogP contribution in [0.5, 0.6) is 0 Å². The van der Waals surface area contributed by atoms with Crippen LogP contribution in [0.4, 0.5) is 11.4 Å². The number of carbonyl (C=O) groups is 2. The summed E-state index contributed by atoms with van der Waals surface area (Å²) in [7, 11) is 0. The van der Waals surface area contributed by atoms with Crippen LogP contribution in [0, 0.1) is 0 Å². The maximum Gasteiger partial charge on any atom is 0.238 e. The van der Waals surface area contributed by atoms with Gasteiger partial charge in [-0.1, -0.05) is 43.2 Å². The van der Waals surface area contributed by atoms with E-state index in [1.165, 1.54) is 12.8 Å². The van der Waals surface area contributed by atoms with E-state index in [-0.39, 0.29) is 24.3 Å². The van der Waals surface area contributed by atoms with Crippen molar-refractivity contribution in [2.45, 2.75) is 38.1 Å². The molecule has 1 fully saturated rings. The van der Waals surface area contributed by atoms with Gasteiger partial charge in [0.15, 0.2) is 0 Å². The summed E-state index contributed by atoms with van der Waals surface area (Å²) in [5.41, 5.74) is 8.45. The number of hydrogen-bond acceptors (Lipinski definition) is 4. The molecule has 0 radical (unpaired) electrons. The van der Waals surface area contributed by atoms with Crippen molar-refractivity contribution in [3.05, 3.63) is 60.2 Å². The molecular weight excluding hydrogens is 364 g/mol. The zero-order valence-corrected chi connectivity index (χ0v) is 16.8. The summed E-state index contributed by atoms with van der Waals surface area (Å²) in [6, 6.07) is 16.4. The van der Waals surface area contributed by atoms with Crippen molar-refractivity contribution in [2.24, 2.45) is 5.73 Å². The molecule has 1 saturated heterocycles. The molecule has 1 aliphatic rings. The van der Waals surface area contributed by atoms with E-state index in [1.807, 2.05) is 30.3 Å². The number of nitrogens with one attached hydrogen (secondary N) is 2. The summed E-state index contributed by atoms with van der Waals surface area (Å²) >= 11 is 0. The number of nitrogens with zero attached hydrogens (tertiary/aromatic N) is 1. The van der Waals surface area contributed by atoms with Gasteiger partial charge in [-0.3, -0.25) is 14.5 Å². The second kappa shape index (κ2) is 10.7. The zero-order valence-electron chi connectivity index (χ0n) is 16.8. The van der Waals surface area contributed by atoms with E-state index in [0.29, 0.717) is 12.2 Å². The fraction of sp³-hybridized carbons (Fsp3) is 0.391. The average Bonchev–Trinajstić information content (AvgIpc) is 2.98. The molecule has 6 nitrogen and oxygen atoms in total. The van der Waals surface area contributed by atoms with Gasteiger partial charge >= 0.3 is 0 Å². The van der Waals surface area contributed by atoms with Crippen molar-refractivity contribution in [1.82, 2.24) is 4.90 Å². The standard InChI is InChI=1S/C23H30N4O2/c24-21(18-8-4-3-5-9-18)16-22(28)25-19-10-12-20(13-11-19)26-23(29)17-27-14-6-1-2-7-15-27/h3-5,8-13,21H,1-2,6-7,14-17,24H2,(H,25,28)(H,26,29). The van der Waals surface area contributed by atoms with E-state index in [1.54, 1.807) is 24.3 Å². The van der Waals surface area contributed by atoms with Crippen LogP contribution in [0.2, 0.25) is 0 Å². The fourth-order valence-corrected chi connectivity index (χ4v) is 3.56. The van der Waals surface area contributed by atoms with Gasteiger partial charge in [0, 0.05) is 23.8 Å². The number of rotatable bonds is 7. The summed E-state index contributed by atoms with van der Waals surface area (Å²) < 4.78 is 0. The van der Waals surface area contributed by atoms with E-state index in [0.717, 1.165) is 37.2 Å². The number of likely N-dealkylation sites (tertiary alicyclic amines) is 1. The molecule has 4 N–H and O–H groups in total. The van der Waals surface area contributed by atoms with E-state index < -0.39 is 0 Å². The van der Waals surface area contributed by atoms with Crippen molar-refractivity contribution in [1.29, 1.82) is 0 Å². The molecule has 1 aliphatic heterocycles. The van der Waals surface area contributed by atoms with Crippen molar-refractivity contribution in [3.63, 3.8) is 0 Å². The van der Waals surface area contributed by atoms with Gasteiger partial charge in [-0.05, 0) is 55.8 Å². The molecule has 6 heteroatoms. The molecule has 0 saturated carbocycles. The largest absolute Gasteiger partial charge is 0.326 e. The Balaban J connectivity index is 1.45. The maximum atomic E-state index is 12.3. The lowest BCUT2D eigenvalue weighted by Gasteiger charge is -2.19. The van der Waals surface area contributed by atoms with Gasteiger partial charge in [-0.2, -0.15) is 0 Å². The third-order valence-electron chi connectivity index (χ3n) is 5.15. The van der Waals surface area contributed by atoms with Crippen LogP contribution in [-0.4, -0.2) is 36.3 Å². The van der Waals surface area contributed by atoms with Crippen molar-refractivity contribution in [3.8, 4) is 0 Å². The Labute approximate surface area is 172 Å². The first-order valence-corrected chi connectivity index (χ1v) is 10.3. The SMILES string of the molecule is NC(CC(=O)Nc1ccc(NC(=O)CN2CCCCCC2)cc1)c1ccccc1. The Morgan fingerprint density at radius 2 is 1.38 bits per heavy atom. The number of hydrogen-bond donors (Lipinski definition) is 3. The molecule has 1 unspecified atom stereocenters. The molecule has 2 aromatic rings. The smallest absolute Gasteiger partial charge is 0.238 e. The average molecular weight is 395 g/mol. The Bertz CT molecular complexity index is 784. The third-order valence-corrected chi connectivity index (χ3v) is 5.15. The number of anilines is 2. The van der Waals surface area contributed by atoms with Crippen LogP contribution in [0.3, 0.4) is 0 Å². The van der Waals surface area contributed by atoms with Crippen LogP contribution in [-0.2, 0) is 9.59 Å². The van der Waals surface area contributed by atoms with Crippen molar-refractivity contribution < 1.29 is 9.59 Å². The summed E-state index contributed by atoms with van der Waals surface area (Å²) in [6.45, 7) is 2.41. The molecule has 2 aromatic carbocycles. The third kappa shape index (κ3) is 7.00. The fourth-order valence-electron chi connectivity index (χ4n) is 3.56. The predicted molar refractivity (Wildman–Crippen MR) is 117 cm³/mol. The molecule has 29 heavy (non-hydrogen) atoms. The number of nitrogens with two attached hydrogens (primary N) is 1. The molecule has 0 spiro atoms. The van der Waals surface area contributed by atoms with Crippen molar-refractivity contribution >= 4 is 23.2 Å². The molecule has 154 valence electrons. The van der Waals surface area contributed by atoms with E-state index in [4.69, 9.17) is 5.73 Å². The molecule has 0 aromatic heterocycles. The zero-order chi connectivity index (χ0) is 20.5. The molecule has 0 aliphatic carbocycles. The van der Waals surface area contributed by atoms with Crippen LogP contribution >= 0.6 is 0 Å². The Morgan fingerprint density at radius 3 is 1.97 bits per heavy atom. The van der Waals surface area contributed by atoms with Gasteiger partial charge in [-0.25, -0.2) is 0 Å². The van der Waals surface area contributed by atoms with Crippen molar-refractivity contribution in [2.75, 3.05) is 30.3 Å². The molecule has 3 rings (SSSR count). The lowest BCUT2D eigenvalue weighted by atomic mass is 10.0. The number of carbonyl (C=O) groups excluding carboxylic acids is 2. The Morgan fingerprint density at radius 1 is 0.828 bits per heavy atom. The first-order valence-electron chi connectivity index (χ1n) is 10.3. The highest BCUT2D eigenvalue weighted by Gasteiger charge is 2.14. The molecule has 1 atom stereocenters. The molecular formula is C23H30N4O2. The second-order valence-electron chi connectivity index (χ2n) is 7.59. The minimum Gasteiger partial charge on any atom is -0.326 e. The summed E-state index contributed by atoms with van der Waals surface area (Å²) in [5, 5.41) is 5.79. The number of amides is 2. The van der Waals surface area contributed by atoms with E-state index in [9.17, 15) is 9.59 Å². The highest BCUT2D eigenvalue weighted by molar-refractivity contribution is 5.94. The lowest BCUT2D eigenvalue weighted by molar-refractivity contribution is -0.117. The van der Waals surface area contributed by atoms with Gasteiger partial charge in [0.25, 0.3) is 0 Å². The number of benzene rings is 2. The first kappa shape index (κ1) is 21.0. The highest BCUT2D eigenvalue weighted by Crippen LogP contribution is 2.17. The Kier molecular flexibility index (Phi) is 7.78. The van der Waals surface area contributed by atoms with Gasteiger partial charge < -0.3 is 16.4 Å². The molecule has 2 amide bonds.